The van der Waals surface area contributed by atoms with Gasteiger partial charge >= 0.3 is 5.69 Å². The molecule has 0 aromatic carbocycles. The quantitative estimate of drug-likeness (QED) is 0.602. The minimum absolute atomic E-state index is 0.0822. The molecule has 1 fully saturated rings. The SMILES string of the molecule is Cc1nn(C)c(OCC2CNCCO2)c1[N+](=O)[O-]. The van der Waals surface area contributed by atoms with Crippen LogP contribution in [0, 0.1) is 17.0 Å². The Morgan fingerprint density at radius 2 is 2.50 bits per heavy atom. The molecular formula is C10H16N4O4. The van der Waals surface area contributed by atoms with Crippen LogP contribution >= 0.6 is 0 Å². The van der Waals surface area contributed by atoms with Gasteiger partial charge in [-0.15, -0.1) is 0 Å². The van der Waals surface area contributed by atoms with E-state index in [1.807, 2.05) is 0 Å². The second kappa shape index (κ2) is 5.32. The molecule has 18 heavy (non-hydrogen) atoms. The minimum Gasteiger partial charge on any atom is -0.470 e. The average Bonchev–Trinajstić information content (AvgIpc) is 2.62. The summed E-state index contributed by atoms with van der Waals surface area (Å²) in [6, 6.07) is 0. The molecule has 1 saturated heterocycles. The second-order valence-electron chi connectivity index (χ2n) is 4.13. The fourth-order valence-electron chi connectivity index (χ4n) is 1.90. The molecular weight excluding hydrogens is 240 g/mol. The van der Waals surface area contributed by atoms with Crippen molar-refractivity contribution in [3.63, 3.8) is 0 Å². The summed E-state index contributed by atoms with van der Waals surface area (Å²) in [5.74, 6) is 0.173. The first-order chi connectivity index (χ1) is 8.59. The van der Waals surface area contributed by atoms with E-state index in [-0.39, 0.29) is 24.3 Å². The molecule has 0 radical (unpaired) electrons. The van der Waals surface area contributed by atoms with Crippen molar-refractivity contribution in [3.8, 4) is 5.88 Å². The van der Waals surface area contributed by atoms with Crippen LogP contribution in [0.15, 0.2) is 0 Å². The van der Waals surface area contributed by atoms with Gasteiger partial charge < -0.3 is 14.8 Å². The zero-order valence-electron chi connectivity index (χ0n) is 10.4. The summed E-state index contributed by atoms with van der Waals surface area (Å²) < 4.78 is 12.3. The molecule has 1 aromatic rings. The molecule has 1 aliphatic rings. The summed E-state index contributed by atoms with van der Waals surface area (Å²) in [4.78, 5) is 10.5. The van der Waals surface area contributed by atoms with Gasteiger partial charge in [-0.2, -0.15) is 5.10 Å². The molecule has 1 aromatic heterocycles. The van der Waals surface area contributed by atoms with Crippen molar-refractivity contribution in [1.82, 2.24) is 15.1 Å². The number of hydrogen-bond acceptors (Lipinski definition) is 6. The highest BCUT2D eigenvalue weighted by molar-refractivity contribution is 5.45. The molecule has 0 spiro atoms. The molecule has 0 aliphatic carbocycles. The lowest BCUT2D eigenvalue weighted by molar-refractivity contribution is -0.386. The van der Waals surface area contributed by atoms with Gasteiger partial charge in [-0.1, -0.05) is 0 Å². The van der Waals surface area contributed by atoms with E-state index >= 15 is 0 Å². The summed E-state index contributed by atoms with van der Waals surface area (Å²) in [5, 5.41) is 18.1. The fraction of sp³-hybridized carbons (Fsp3) is 0.700. The smallest absolute Gasteiger partial charge is 0.353 e. The number of nitrogens with one attached hydrogen (secondary N) is 1. The highest BCUT2D eigenvalue weighted by atomic mass is 16.6. The number of aromatic nitrogens is 2. The minimum atomic E-state index is -0.475. The van der Waals surface area contributed by atoms with Gasteiger partial charge in [0.1, 0.15) is 18.4 Å². The van der Waals surface area contributed by atoms with Crippen LogP contribution in [0.1, 0.15) is 5.69 Å². The van der Waals surface area contributed by atoms with Crippen molar-refractivity contribution in [2.24, 2.45) is 7.05 Å². The summed E-state index contributed by atoms with van der Waals surface area (Å²) in [6.45, 7) is 3.99. The molecule has 1 unspecified atom stereocenters. The molecule has 0 bridgehead atoms. The number of ether oxygens (including phenoxy) is 2. The zero-order chi connectivity index (χ0) is 13.1. The van der Waals surface area contributed by atoms with Crippen molar-refractivity contribution >= 4 is 5.69 Å². The van der Waals surface area contributed by atoms with Crippen LogP contribution in [-0.2, 0) is 11.8 Å². The standard InChI is InChI=1S/C10H16N4O4/c1-7-9(14(15)16)10(13(2)12-7)18-6-8-5-11-3-4-17-8/h8,11H,3-6H2,1-2H3. The molecule has 0 amide bonds. The van der Waals surface area contributed by atoms with E-state index in [1.165, 1.54) is 4.68 Å². The number of nitro groups is 1. The lowest BCUT2D eigenvalue weighted by Crippen LogP contribution is -2.41. The predicted molar refractivity (Wildman–Crippen MR) is 62.7 cm³/mol. The third-order valence-corrected chi connectivity index (χ3v) is 2.73. The van der Waals surface area contributed by atoms with E-state index in [9.17, 15) is 10.1 Å². The number of rotatable bonds is 4. The normalized spacial score (nSPS) is 19.8. The molecule has 1 aliphatic heterocycles. The highest BCUT2D eigenvalue weighted by Gasteiger charge is 2.26. The summed E-state index contributed by atoms with van der Waals surface area (Å²) >= 11 is 0. The molecule has 1 N–H and O–H groups in total. The average molecular weight is 256 g/mol. The summed E-state index contributed by atoms with van der Waals surface area (Å²) in [5.41, 5.74) is 0.265. The Morgan fingerprint density at radius 1 is 1.72 bits per heavy atom. The van der Waals surface area contributed by atoms with Crippen LogP contribution in [0.25, 0.3) is 0 Å². The van der Waals surface area contributed by atoms with Crippen molar-refractivity contribution in [3.05, 3.63) is 15.8 Å². The number of morpholine rings is 1. The van der Waals surface area contributed by atoms with Crippen molar-refractivity contribution in [1.29, 1.82) is 0 Å². The summed E-state index contributed by atoms with van der Waals surface area (Å²) in [7, 11) is 1.62. The van der Waals surface area contributed by atoms with E-state index in [2.05, 4.69) is 10.4 Å². The number of aryl methyl sites for hydroxylation is 2. The van der Waals surface area contributed by atoms with Gasteiger partial charge in [0.2, 0.25) is 0 Å². The first-order valence-corrected chi connectivity index (χ1v) is 5.72. The second-order valence-corrected chi connectivity index (χ2v) is 4.13. The molecule has 2 rings (SSSR count). The molecule has 100 valence electrons. The lowest BCUT2D eigenvalue weighted by Gasteiger charge is -2.23. The lowest BCUT2D eigenvalue weighted by atomic mass is 10.3. The maximum Gasteiger partial charge on any atom is 0.353 e. The Kier molecular flexibility index (Phi) is 3.78. The third kappa shape index (κ3) is 2.59. The molecule has 8 nitrogen and oxygen atoms in total. The van der Waals surface area contributed by atoms with Crippen LogP contribution < -0.4 is 10.1 Å². The largest absolute Gasteiger partial charge is 0.470 e. The summed E-state index contributed by atoms with van der Waals surface area (Å²) in [6.07, 6.45) is -0.0893. The van der Waals surface area contributed by atoms with Crippen LogP contribution in [-0.4, -0.2) is 47.1 Å². The van der Waals surface area contributed by atoms with E-state index in [4.69, 9.17) is 9.47 Å². The predicted octanol–water partition coefficient (Wildman–Crippen LogP) is 0.00392. The van der Waals surface area contributed by atoms with Crippen LogP contribution in [0.5, 0.6) is 5.88 Å². The van der Waals surface area contributed by atoms with Crippen LogP contribution in [0.2, 0.25) is 0 Å². The maximum atomic E-state index is 10.9. The van der Waals surface area contributed by atoms with Crippen LogP contribution in [0.3, 0.4) is 0 Å². The van der Waals surface area contributed by atoms with E-state index < -0.39 is 4.92 Å². The Balaban J connectivity index is 2.06. The van der Waals surface area contributed by atoms with E-state index in [0.29, 0.717) is 18.8 Å². The topological polar surface area (TPSA) is 91.5 Å². The zero-order valence-corrected chi connectivity index (χ0v) is 10.4. The van der Waals surface area contributed by atoms with Crippen LogP contribution in [0.4, 0.5) is 5.69 Å². The number of nitrogens with zero attached hydrogens (tertiary/aromatic N) is 3. The van der Waals surface area contributed by atoms with Gasteiger partial charge in [0, 0.05) is 20.1 Å². The first kappa shape index (κ1) is 12.8. The molecule has 1 atom stereocenters. The van der Waals surface area contributed by atoms with E-state index in [0.717, 1.165) is 6.54 Å². The highest BCUT2D eigenvalue weighted by Crippen LogP contribution is 2.29. The fourth-order valence-corrected chi connectivity index (χ4v) is 1.90. The van der Waals surface area contributed by atoms with Crippen molar-refractivity contribution < 1.29 is 14.4 Å². The Labute approximate surface area is 104 Å². The van der Waals surface area contributed by atoms with Gasteiger partial charge in [-0.25, -0.2) is 4.68 Å². The van der Waals surface area contributed by atoms with Crippen molar-refractivity contribution in [2.45, 2.75) is 13.0 Å². The van der Waals surface area contributed by atoms with Gasteiger partial charge in [-0.05, 0) is 6.92 Å². The van der Waals surface area contributed by atoms with Gasteiger partial charge in [0.25, 0.3) is 5.88 Å². The Bertz CT molecular complexity index is 439. The molecule has 8 heteroatoms. The maximum absolute atomic E-state index is 10.9. The molecule has 2 heterocycles. The monoisotopic (exact) mass is 256 g/mol. The Morgan fingerprint density at radius 3 is 3.11 bits per heavy atom. The van der Waals surface area contributed by atoms with Gasteiger partial charge in [-0.3, -0.25) is 10.1 Å². The molecule has 0 saturated carbocycles. The Hall–Kier alpha value is -1.67. The third-order valence-electron chi connectivity index (χ3n) is 2.73. The first-order valence-electron chi connectivity index (χ1n) is 5.72. The number of hydrogen-bond donors (Lipinski definition) is 1. The van der Waals surface area contributed by atoms with Gasteiger partial charge in [0.15, 0.2) is 0 Å². The van der Waals surface area contributed by atoms with E-state index in [1.54, 1.807) is 14.0 Å². The van der Waals surface area contributed by atoms with Gasteiger partial charge in [0.05, 0.1) is 11.5 Å². The van der Waals surface area contributed by atoms with Crippen molar-refractivity contribution in [2.75, 3.05) is 26.3 Å².